The lowest BCUT2D eigenvalue weighted by Crippen LogP contribution is -2.63. The predicted molar refractivity (Wildman–Crippen MR) is 170 cm³/mol. The second kappa shape index (κ2) is 13.3. The first-order chi connectivity index (χ1) is 20.9. The third-order valence-electron chi connectivity index (χ3n) is 9.38. The zero-order valence-corrected chi connectivity index (χ0v) is 25.8. The number of nitrogens with two attached hydrogens (primary N) is 1. The summed E-state index contributed by atoms with van der Waals surface area (Å²) in [5, 5.41) is 2.64. The number of anilines is 2. The van der Waals surface area contributed by atoms with Crippen molar-refractivity contribution in [3.05, 3.63) is 53.6 Å². The van der Waals surface area contributed by atoms with Crippen LogP contribution in [0.15, 0.2) is 47.4 Å². The lowest BCUT2D eigenvalue weighted by Gasteiger charge is -2.49. The molecule has 1 atom stereocenters. The number of nitrogens with zero attached hydrogens (tertiary/aromatic N) is 5. The molecule has 0 bridgehead atoms. The van der Waals surface area contributed by atoms with E-state index >= 15 is 0 Å². The molecular weight excluding hydrogens is 562 g/mol. The Morgan fingerprint density at radius 2 is 1.77 bits per heavy atom. The van der Waals surface area contributed by atoms with Crippen molar-refractivity contribution in [2.24, 2.45) is 5.73 Å². The molecule has 0 aliphatic carbocycles. The van der Waals surface area contributed by atoms with E-state index in [0.717, 1.165) is 82.7 Å². The van der Waals surface area contributed by atoms with Gasteiger partial charge in [0.1, 0.15) is 12.3 Å². The van der Waals surface area contributed by atoms with Crippen molar-refractivity contribution >= 4 is 41.4 Å². The topological polar surface area (TPSA) is 105 Å². The number of piperazine rings is 1. The highest BCUT2D eigenvalue weighted by atomic mass is 32.2. The maximum Gasteiger partial charge on any atom is 0.255 e. The third kappa shape index (κ3) is 6.55. The van der Waals surface area contributed by atoms with Crippen LogP contribution in [0.3, 0.4) is 0 Å². The molecule has 11 heteroatoms. The predicted octanol–water partition coefficient (Wildman–Crippen LogP) is 2.18. The first kappa shape index (κ1) is 29.9. The van der Waals surface area contributed by atoms with E-state index in [1.165, 1.54) is 10.6 Å². The summed E-state index contributed by atoms with van der Waals surface area (Å²) in [6.07, 6.45) is 3.51. The molecule has 0 saturated carbocycles. The Bertz CT molecular complexity index is 1320. The van der Waals surface area contributed by atoms with Crippen LogP contribution in [-0.2, 0) is 16.1 Å². The number of carbonyl (C=O) groups is 3. The highest BCUT2D eigenvalue weighted by Gasteiger charge is 2.37. The van der Waals surface area contributed by atoms with Crippen molar-refractivity contribution in [1.29, 1.82) is 0 Å². The number of carbonyl (C=O) groups excluding carboxylic acids is 3. The normalized spacial score (nSPS) is 21.1. The third-order valence-corrected chi connectivity index (χ3v) is 10.5. The lowest BCUT2D eigenvalue weighted by atomic mass is 10.0. The van der Waals surface area contributed by atoms with E-state index in [1.54, 1.807) is 11.9 Å². The summed E-state index contributed by atoms with van der Waals surface area (Å²) in [6.45, 7) is 8.52. The van der Waals surface area contributed by atoms with Crippen LogP contribution in [-0.4, -0.2) is 110 Å². The molecule has 6 rings (SSSR count). The molecule has 4 aliphatic rings. The van der Waals surface area contributed by atoms with Gasteiger partial charge >= 0.3 is 0 Å². The molecule has 3 N–H and O–H groups in total. The van der Waals surface area contributed by atoms with Gasteiger partial charge in [-0.15, -0.1) is 0 Å². The summed E-state index contributed by atoms with van der Waals surface area (Å²) in [7, 11) is 1.56. The maximum absolute atomic E-state index is 13.1. The average molecular weight is 606 g/mol. The molecule has 230 valence electrons. The zero-order valence-electron chi connectivity index (χ0n) is 25.0. The van der Waals surface area contributed by atoms with Gasteiger partial charge in [0.2, 0.25) is 5.91 Å². The smallest absolute Gasteiger partial charge is 0.255 e. The van der Waals surface area contributed by atoms with Crippen LogP contribution >= 0.6 is 11.9 Å². The number of amides is 2. The number of benzene rings is 2. The van der Waals surface area contributed by atoms with E-state index in [0.29, 0.717) is 30.6 Å². The van der Waals surface area contributed by atoms with Crippen LogP contribution in [0.25, 0.3) is 0 Å². The van der Waals surface area contributed by atoms with Crippen molar-refractivity contribution in [1.82, 2.24) is 19.4 Å². The summed E-state index contributed by atoms with van der Waals surface area (Å²) < 4.78 is 2.44. The van der Waals surface area contributed by atoms with Gasteiger partial charge in [0.25, 0.3) is 5.91 Å². The van der Waals surface area contributed by atoms with E-state index < -0.39 is 6.04 Å². The van der Waals surface area contributed by atoms with Crippen LogP contribution in [0.2, 0.25) is 0 Å². The van der Waals surface area contributed by atoms with Gasteiger partial charge in [0.05, 0.1) is 0 Å². The fourth-order valence-electron chi connectivity index (χ4n) is 6.69. The van der Waals surface area contributed by atoms with E-state index in [4.69, 9.17) is 5.73 Å². The minimum absolute atomic E-state index is 0.138. The van der Waals surface area contributed by atoms with Gasteiger partial charge in [-0.2, -0.15) is 0 Å². The first-order valence-electron chi connectivity index (χ1n) is 15.5. The SMILES string of the molecule is CNC(=O)C(CCC=O)N1Cc2cc(N3CCN(C4CN(c5cccc(SN6CCC(N)CC6)c5)C4)CC3)ccc2C1=O. The van der Waals surface area contributed by atoms with Crippen molar-refractivity contribution in [2.75, 3.05) is 69.2 Å². The largest absolute Gasteiger partial charge is 0.369 e. The molecule has 1 unspecified atom stereocenters. The van der Waals surface area contributed by atoms with Crippen molar-refractivity contribution < 1.29 is 14.4 Å². The molecular formula is C32H43N7O3S. The van der Waals surface area contributed by atoms with Crippen LogP contribution in [0.4, 0.5) is 11.4 Å². The maximum atomic E-state index is 13.1. The molecule has 0 aromatic heterocycles. The van der Waals surface area contributed by atoms with Crippen molar-refractivity contribution in [2.45, 2.75) is 55.2 Å². The molecule has 2 amide bonds. The summed E-state index contributed by atoms with van der Waals surface area (Å²) in [5.74, 6) is -0.371. The quantitative estimate of drug-likeness (QED) is 0.312. The van der Waals surface area contributed by atoms with Crippen LogP contribution < -0.4 is 20.9 Å². The Kier molecular flexibility index (Phi) is 9.22. The molecule has 43 heavy (non-hydrogen) atoms. The number of piperidine rings is 1. The molecule has 4 heterocycles. The van der Waals surface area contributed by atoms with Gasteiger partial charge in [-0.3, -0.25) is 14.5 Å². The van der Waals surface area contributed by atoms with Gasteiger partial charge in [-0.25, -0.2) is 4.31 Å². The molecule has 0 radical (unpaired) electrons. The van der Waals surface area contributed by atoms with E-state index in [2.05, 4.69) is 54.7 Å². The summed E-state index contributed by atoms with van der Waals surface area (Å²) in [5.41, 5.74) is 10.1. The zero-order chi connectivity index (χ0) is 29.9. The van der Waals surface area contributed by atoms with Gasteiger partial charge in [-0.1, -0.05) is 6.07 Å². The van der Waals surface area contributed by atoms with Crippen molar-refractivity contribution in [3.63, 3.8) is 0 Å². The van der Waals surface area contributed by atoms with E-state index in [1.807, 2.05) is 24.1 Å². The fraction of sp³-hybridized carbons (Fsp3) is 0.531. The highest BCUT2D eigenvalue weighted by Crippen LogP contribution is 2.33. The second-order valence-corrected chi connectivity index (χ2v) is 13.3. The molecule has 3 saturated heterocycles. The standard InChI is InChI=1S/C32H43N7O3S/c1-34-31(41)30(6-3-17-40)39-20-23-18-26(7-8-29(23)32(39)42)35-13-15-36(16-14-35)27-21-37(22-27)25-4-2-5-28(19-25)43-38-11-9-24(33)10-12-38/h2,4-5,7-8,17-19,24,27,30H,3,6,9-16,20-22,33H2,1H3,(H,34,41). The monoisotopic (exact) mass is 605 g/mol. The Morgan fingerprint density at radius 3 is 2.49 bits per heavy atom. The van der Waals surface area contributed by atoms with Gasteiger partial charge in [0.15, 0.2) is 0 Å². The van der Waals surface area contributed by atoms with Crippen LogP contribution in [0.5, 0.6) is 0 Å². The molecule has 4 aliphatic heterocycles. The van der Waals surface area contributed by atoms with Gasteiger partial charge in [0, 0.05) is 106 Å². The van der Waals surface area contributed by atoms with Gasteiger partial charge in [-0.05, 0) is 73.2 Å². The summed E-state index contributed by atoms with van der Waals surface area (Å²) >= 11 is 1.86. The number of fused-ring (bicyclic) bond motifs is 1. The molecule has 0 spiro atoms. The van der Waals surface area contributed by atoms with Crippen molar-refractivity contribution in [3.8, 4) is 0 Å². The first-order valence-corrected chi connectivity index (χ1v) is 16.3. The average Bonchev–Trinajstić information content (AvgIpc) is 3.33. The summed E-state index contributed by atoms with van der Waals surface area (Å²) in [6, 6.07) is 15.3. The lowest BCUT2D eigenvalue weighted by molar-refractivity contribution is -0.125. The second-order valence-electron chi connectivity index (χ2n) is 12.1. The molecule has 2 aromatic carbocycles. The van der Waals surface area contributed by atoms with E-state index in [9.17, 15) is 14.4 Å². The Balaban J connectivity index is 0.999. The number of aldehydes is 1. The molecule has 2 aromatic rings. The van der Waals surface area contributed by atoms with E-state index in [-0.39, 0.29) is 18.2 Å². The highest BCUT2D eigenvalue weighted by molar-refractivity contribution is 7.97. The minimum atomic E-state index is -0.639. The number of nitrogens with one attached hydrogen (secondary N) is 1. The Hall–Kier alpha value is -3.12. The minimum Gasteiger partial charge on any atom is -0.369 e. The molecule has 3 fully saturated rings. The Morgan fingerprint density at radius 1 is 1.02 bits per heavy atom. The number of hydrogen-bond donors (Lipinski definition) is 2. The van der Waals surface area contributed by atoms with Gasteiger partial charge < -0.3 is 30.5 Å². The van der Waals surface area contributed by atoms with Crippen LogP contribution in [0, 0.1) is 0 Å². The molecule has 10 nitrogen and oxygen atoms in total. The Labute approximate surface area is 258 Å². The number of likely N-dealkylation sites (N-methyl/N-ethyl adjacent to an activating group) is 1. The van der Waals surface area contributed by atoms with Crippen LogP contribution in [0.1, 0.15) is 41.6 Å². The fourth-order valence-corrected chi connectivity index (χ4v) is 7.70. The number of hydrogen-bond acceptors (Lipinski definition) is 9. The summed E-state index contributed by atoms with van der Waals surface area (Å²) in [4.78, 5) is 47.0. The number of rotatable bonds is 10.